The fourth-order valence-electron chi connectivity index (χ4n) is 3.11. The number of hydrogen-bond donors (Lipinski definition) is 0. The molecule has 2 heterocycles. The van der Waals surface area contributed by atoms with Crippen LogP contribution in [-0.4, -0.2) is 42.2 Å². The minimum Gasteiger partial charge on any atom is -0.480 e. The number of likely N-dealkylation sites (tertiary alicyclic amines) is 1. The summed E-state index contributed by atoms with van der Waals surface area (Å²) in [4.78, 5) is 11.0. The third-order valence-electron chi connectivity index (χ3n) is 4.48. The summed E-state index contributed by atoms with van der Waals surface area (Å²) < 4.78 is 10.5. The second kappa shape index (κ2) is 6.96. The van der Waals surface area contributed by atoms with Gasteiger partial charge >= 0.3 is 6.01 Å². The Kier molecular flexibility index (Phi) is 4.76. The molecule has 0 spiro atoms. The van der Waals surface area contributed by atoms with E-state index in [4.69, 9.17) is 9.47 Å². The normalized spacial score (nSPS) is 16.3. The second-order valence-corrected chi connectivity index (χ2v) is 5.82. The first kappa shape index (κ1) is 15.7. The zero-order chi connectivity index (χ0) is 16.2. The Morgan fingerprint density at radius 2 is 1.91 bits per heavy atom. The summed E-state index contributed by atoms with van der Waals surface area (Å²) in [6.45, 7) is 4.63. The van der Waals surface area contributed by atoms with Crippen molar-refractivity contribution in [3.05, 3.63) is 36.0 Å². The van der Waals surface area contributed by atoms with Crippen molar-refractivity contribution < 1.29 is 9.47 Å². The van der Waals surface area contributed by atoms with Gasteiger partial charge in [-0.25, -0.2) is 4.98 Å². The van der Waals surface area contributed by atoms with Crippen LogP contribution in [-0.2, 0) is 0 Å². The summed E-state index contributed by atoms with van der Waals surface area (Å²) >= 11 is 0. The van der Waals surface area contributed by atoms with Crippen molar-refractivity contribution in [2.45, 2.75) is 25.8 Å². The van der Waals surface area contributed by atoms with Gasteiger partial charge in [-0.15, -0.1) is 0 Å². The molecule has 0 unspecified atom stereocenters. The van der Waals surface area contributed by atoms with Crippen LogP contribution in [0.1, 0.15) is 31.4 Å². The van der Waals surface area contributed by atoms with Crippen LogP contribution in [0.4, 0.5) is 0 Å². The predicted molar refractivity (Wildman–Crippen MR) is 89.8 cm³/mol. The van der Waals surface area contributed by atoms with Gasteiger partial charge in [-0.3, -0.25) is 4.90 Å². The standard InChI is InChI=1S/C18H23N3O2/c1-13(21-9-4-5-10-21)14-7-6-8-15(11-14)16-12-19-18(23-3)20-17(16)22-2/h6-8,11-13H,4-5,9-10H2,1-3H3/t13-/m1/s1. The van der Waals surface area contributed by atoms with Gasteiger partial charge in [0, 0.05) is 12.2 Å². The molecule has 3 rings (SSSR count). The highest BCUT2D eigenvalue weighted by molar-refractivity contribution is 5.68. The van der Waals surface area contributed by atoms with Crippen molar-refractivity contribution in [3.8, 4) is 23.0 Å². The SMILES string of the molecule is COc1ncc(-c2cccc([C@@H](C)N3CCCC3)c2)c(OC)n1. The van der Waals surface area contributed by atoms with E-state index in [0.29, 0.717) is 17.9 Å². The van der Waals surface area contributed by atoms with E-state index in [0.717, 1.165) is 11.1 Å². The van der Waals surface area contributed by atoms with Crippen LogP contribution in [0.5, 0.6) is 11.9 Å². The van der Waals surface area contributed by atoms with Gasteiger partial charge in [0.1, 0.15) is 0 Å². The number of methoxy groups -OCH3 is 2. The molecule has 122 valence electrons. The van der Waals surface area contributed by atoms with Gasteiger partial charge in [-0.2, -0.15) is 4.98 Å². The zero-order valence-corrected chi connectivity index (χ0v) is 14.0. The number of rotatable bonds is 5. The maximum absolute atomic E-state index is 5.40. The van der Waals surface area contributed by atoms with E-state index < -0.39 is 0 Å². The average Bonchev–Trinajstić information content (AvgIpc) is 3.15. The molecule has 0 saturated carbocycles. The number of hydrogen-bond acceptors (Lipinski definition) is 5. The first-order valence-electron chi connectivity index (χ1n) is 8.02. The largest absolute Gasteiger partial charge is 0.480 e. The molecule has 2 aromatic rings. The van der Waals surface area contributed by atoms with Gasteiger partial charge in [0.25, 0.3) is 0 Å². The van der Waals surface area contributed by atoms with E-state index in [9.17, 15) is 0 Å². The first-order valence-corrected chi connectivity index (χ1v) is 8.02. The fourth-order valence-corrected chi connectivity index (χ4v) is 3.11. The molecule has 23 heavy (non-hydrogen) atoms. The highest BCUT2D eigenvalue weighted by atomic mass is 16.5. The van der Waals surface area contributed by atoms with Crippen molar-refractivity contribution in [3.63, 3.8) is 0 Å². The van der Waals surface area contributed by atoms with Gasteiger partial charge in [0.15, 0.2) is 0 Å². The lowest BCUT2D eigenvalue weighted by Gasteiger charge is -2.24. The highest BCUT2D eigenvalue weighted by Crippen LogP contribution is 2.32. The molecule has 1 aromatic heterocycles. The van der Waals surface area contributed by atoms with Gasteiger partial charge in [0.05, 0.1) is 19.8 Å². The summed E-state index contributed by atoms with van der Waals surface area (Å²) in [7, 11) is 3.16. The Labute approximate surface area is 137 Å². The van der Waals surface area contributed by atoms with Crippen LogP contribution in [0, 0.1) is 0 Å². The molecule has 0 N–H and O–H groups in total. The fraction of sp³-hybridized carbons (Fsp3) is 0.444. The Bertz CT molecular complexity index is 669. The molecule has 0 amide bonds. The van der Waals surface area contributed by atoms with Crippen LogP contribution in [0.3, 0.4) is 0 Å². The Hall–Kier alpha value is -2.14. The lowest BCUT2D eigenvalue weighted by molar-refractivity contribution is 0.263. The van der Waals surface area contributed by atoms with Crippen LogP contribution in [0.2, 0.25) is 0 Å². The summed E-state index contributed by atoms with van der Waals surface area (Å²) in [6.07, 6.45) is 4.35. The van der Waals surface area contributed by atoms with E-state index in [-0.39, 0.29) is 0 Å². The zero-order valence-electron chi connectivity index (χ0n) is 14.0. The smallest absolute Gasteiger partial charge is 0.319 e. The molecule has 0 bridgehead atoms. The number of benzene rings is 1. The summed E-state index contributed by atoms with van der Waals surface area (Å²) in [5.74, 6) is 0.530. The molecule has 0 radical (unpaired) electrons. The molecule has 5 heteroatoms. The number of ether oxygens (including phenoxy) is 2. The quantitative estimate of drug-likeness (QED) is 0.847. The summed E-state index contributed by atoms with van der Waals surface area (Å²) in [6, 6.07) is 9.27. The molecule has 1 saturated heterocycles. The molecule has 1 aliphatic heterocycles. The van der Waals surface area contributed by atoms with E-state index in [1.807, 2.05) is 0 Å². The second-order valence-electron chi connectivity index (χ2n) is 5.82. The van der Waals surface area contributed by atoms with Crippen LogP contribution >= 0.6 is 0 Å². The molecule has 1 fully saturated rings. The molecule has 1 aliphatic rings. The summed E-state index contributed by atoms with van der Waals surface area (Å²) in [5, 5.41) is 0. The van der Waals surface area contributed by atoms with Crippen molar-refractivity contribution in [1.82, 2.24) is 14.9 Å². The molecule has 5 nitrogen and oxygen atoms in total. The van der Waals surface area contributed by atoms with Crippen molar-refractivity contribution in [2.24, 2.45) is 0 Å². The molecular weight excluding hydrogens is 290 g/mol. The maximum atomic E-state index is 5.40. The lowest BCUT2D eigenvalue weighted by Crippen LogP contribution is -2.23. The van der Waals surface area contributed by atoms with Gasteiger partial charge in [-0.05, 0) is 50.0 Å². The van der Waals surface area contributed by atoms with Gasteiger partial charge < -0.3 is 9.47 Å². The Morgan fingerprint density at radius 3 is 2.61 bits per heavy atom. The Morgan fingerprint density at radius 1 is 1.13 bits per heavy atom. The topological polar surface area (TPSA) is 47.5 Å². The monoisotopic (exact) mass is 313 g/mol. The van der Waals surface area contributed by atoms with Gasteiger partial charge in [-0.1, -0.05) is 18.2 Å². The Balaban J connectivity index is 1.93. The lowest BCUT2D eigenvalue weighted by atomic mass is 10.0. The number of nitrogens with zero attached hydrogens (tertiary/aromatic N) is 3. The van der Waals surface area contributed by atoms with E-state index in [1.165, 1.54) is 31.5 Å². The predicted octanol–water partition coefficient (Wildman–Crippen LogP) is 3.32. The van der Waals surface area contributed by atoms with Crippen molar-refractivity contribution in [1.29, 1.82) is 0 Å². The molecule has 1 aromatic carbocycles. The van der Waals surface area contributed by atoms with Crippen LogP contribution in [0.15, 0.2) is 30.5 Å². The third-order valence-corrected chi connectivity index (χ3v) is 4.48. The van der Waals surface area contributed by atoms with Crippen LogP contribution in [0.25, 0.3) is 11.1 Å². The van der Waals surface area contributed by atoms with Crippen molar-refractivity contribution >= 4 is 0 Å². The number of aromatic nitrogens is 2. The van der Waals surface area contributed by atoms with E-state index in [1.54, 1.807) is 20.4 Å². The maximum Gasteiger partial charge on any atom is 0.319 e. The van der Waals surface area contributed by atoms with E-state index >= 15 is 0 Å². The van der Waals surface area contributed by atoms with E-state index in [2.05, 4.69) is 46.1 Å². The van der Waals surface area contributed by atoms with Gasteiger partial charge in [0.2, 0.25) is 5.88 Å². The minimum absolute atomic E-state index is 0.312. The minimum atomic E-state index is 0.312. The average molecular weight is 313 g/mol. The highest BCUT2D eigenvalue weighted by Gasteiger charge is 2.20. The molecule has 0 aliphatic carbocycles. The van der Waals surface area contributed by atoms with Crippen LogP contribution < -0.4 is 9.47 Å². The molecular formula is C18H23N3O2. The third kappa shape index (κ3) is 3.29. The summed E-state index contributed by atoms with van der Waals surface area (Å²) in [5.41, 5.74) is 3.25. The molecule has 1 atom stereocenters. The van der Waals surface area contributed by atoms with Crippen molar-refractivity contribution in [2.75, 3.05) is 27.3 Å². The first-order chi connectivity index (χ1) is 11.2.